The fourth-order valence-corrected chi connectivity index (χ4v) is 4.56. The molecule has 0 aliphatic rings. The predicted molar refractivity (Wildman–Crippen MR) is 150 cm³/mol. The van der Waals surface area contributed by atoms with Gasteiger partial charge in [0.25, 0.3) is 0 Å². The second-order valence-corrected chi connectivity index (χ2v) is 9.04. The molecule has 0 amide bonds. The first-order chi connectivity index (χ1) is 19.8. The number of halogens is 4. The quantitative estimate of drug-likeness (QED) is 0.117. The molecule has 0 unspecified atom stereocenters. The van der Waals surface area contributed by atoms with E-state index in [1.54, 1.807) is 48.5 Å². The number of hydrogen-bond donors (Lipinski definition) is 0. The van der Waals surface area contributed by atoms with Crippen LogP contribution in [0, 0.1) is 20.2 Å². The van der Waals surface area contributed by atoms with Crippen molar-refractivity contribution < 1.29 is 32.8 Å². The lowest BCUT2D eigenvalue weighted by atomic mass is 10.0. The third-order valence-electron chi connectivity index (χ3n) is 5.74. The van der Waals surface area contributed by atoms with Crippen LogP contribution in [0.3, 0.4) is 0 Å². The van der Waals surface area contributed by atoms with Crippen molar-refractivity contribution in [2.75, 3.05) is 26.6 Å². The van der Waals surface area contributed by atoms with Gasteiger partial charge in [-0.25, -0.2) is 8.78 Å². The van der Waals surface area contributed by atoms with Gasteiger partial charge in [-0.3, -0.25) is 20.2 Å². The summed E-state index contributed by atoms with van der Waals surface area (Å²) in [5.74, 6) is -0.631. The lowest BCUT2D eigenvalue weighted by Crippen LogP contribution is -2.06. The van der Waals surface area contributed by atoms with Gasteiger partial charge in [0.15, 0.2) is 0 Å². The van der Waals surface area contributed by atoms with E-state index in [4.69, 9.17) is 37.4 Å². The van der Waals surface area contributed by atoms with Crippen molar-refractivity contribution >= 4 is 34.6 Å². The lowest BCUT2D eigenvalue weighted by Gasteiger charge is -2.20. The van der Waals surface area contributed by atoms with E-state index in [1.165, 1.54) is 12.1 Å². The van der Waals surface area contributed by atoms with E-state index in [-0.39, 0.29) is 55.3 Å². The summed E-state index contributed by atoms with van der Waals surface area (Å²) < 4.78 is 43.5. The molecular formula is C28H20Cl2F2N2O7. The van der Waals surface area contributed by atoms with Crippen LogP contribution in [0.5, 0.6) is 23.0 Å². The van der Waals surface area contributed by atoms with Crippen molar-refractivity contribution in [1.82, 2.24) is 0 Å². The molecule has 0 atom stereocenters. The highest BCUT2D eigenvalue weighted by Gasteiger charge is 2.30. The smallest absolute Gasteiger partial charge is 0.311 e. The highest BCUT2D eigenvalue weighted by molar-refractivity contribution is 6.34. The average molecular weight is 605 g/mol. The third-order valence-corrected chi connectivity index (χ3v) is 6.40. The second kappa shape index (κ2) is 13.2. The Labute approximate surface area is 242 Å². The maximum atomic E-state index is 13.1. The molecule has 4 aromatic rings. The Morgan fingerprint density at radius 3 is 1.37 bits per heavy atom. The Hall–Kier alpha value is -4.48. The first kappa shape index (κ1) is 29.5. The minimum absolute atomic E-state index is 0.0174. The van der Waals surface area contributed by atoms with Crippen molar-refractivity contribution in [3.63, 3.8) is 0 Å². The van der Waals surface area contributed by atoms with Crippen LogP contribution in [-0.2, 0) is 0 Å². The van der Waals surface area contributed by atoms with Crippen LogP contribution in [-0.4, -0.2) is 36.4 Å². The topological polar surface area (TPSA) is 114 Å². The zero-order valence-electron chi connectivity index (χ0n) is 21.0. The van der Waals surface area contributed by atoms with Gasteiger partial charge in [-0.2, -0.15) is 0 Å². The summed E-state index contributed by atoms with van der Waals surface area (Å²) >= 11 is 12.9. The molecule has 9 nitrogen and oxygen atoms in total. The molecule has 0 N–H and O–H groups in total. The van der Waals surface area contributed by atoms with Crippen LogP contribution in [0.4, 0.5) is 20.2 Å². The number of hydrogen-bond acceptors (Lipinski definition) is 7. The maximum Gasteiger partial charge on any atom is 0.311 e. The normalized spacial score (nSPS) is 10.7. The summed E-state index contributed by atoms with van der Waals surface area (Å²) in [4.78, 5) is 22.4. The number of alkyl halides is 2. The van der Waals surface area contributed by atoms with Crippen molar-refractivity contribution in [3.8, 4) is 45.3 Å². The summed E-state index contributed by atoms with van der Waals surface area (Å²) in [7, 11) is 0. The highest BCUT2D eigenvalue weighted by Crippen LogP contribution is 2.52. The molecule has 0 aromatic heterocycles. The standard InChI is InChI=1S/C28H20Cl2F2N2O7/c29-19-7-3-1-5-17(19)25-23(11-9-21(33(35)36)27(25)39-15-13-31)41-24-12-10-22(34(37)38)28(40-16-14-32)26(24)18-6-2-4-8-20(18)30/h1-12H,13-16H2. The van der Waals surface area contributed by atoms with Crippen LogP contribution >= 0.6 is 23.2 Å². The van der Waals surface area contributed by atoms with Gasteiger partial charge < -0.3 is 14.2 Å². The molecule has 0 fully saturated rings. The van der Waals surface area contributed by atoms with Crippen molar-refractivity contribution in [3.05, 3.63) is 103 Å². The highest BCUT2D eigenvalue weighted by atomic mass is 35.5. The fraction of sp³-hybridized carbons (Fsp3) is 0.143. The van der Waals surface area contributed by atoms with Gasteiger partial charge in [0.1, 0.15) is 38.1 Å². The number of nitrogens with zero attached hydrogens (tertiary/aromatic N) is 2. The van der Waals surface area contributed by atoms with Crippen LogP contribution in [0.25, 0.3) is 22.3 Å². The summed E-state index contributed by atoms with van der Waals surface area (Å²) in [5.41, 5.74) is -0.319. The molecule has 0 heterocycles. The van der Waals surface area contributed by atoms with Crippen LogP contribution in [0.1, 0.15) is 0 Å². The Morgan fingerprint density at radius 2 is 1.02 bits per heavy atom. The molecule has 4 aromatic carbocycles. The second-order valence-electron chi connectivity index (χ2n) is 8.22. The van der Waals surface area contributed by atoms with Gasteiger partial charge in [-0.05, 0) is 24.3 Å². The molecular weight excluding hydrogens is 585 g/mol. The van der Waals surface area contributed by atoms with Gasteiger partial charge in [0.2, 0.25) is 11.5 Å². The average Bonchev–Trinajstić information content (AvgIpc) is 2.95. The molecule has 13 heteroatoms. The maximum absolute atomic E-state index is 13.1. The monoisotopic (exact) mass is 604 g/mol. The number of benzene rings is 4. The summed E-state index contributed by atoms with van der Waals surface area (Å²) in [6, 6.07) is 17.6. The van der Waals surface area contributed by atoms with Crippen molar-refractivity contribution in [2.45, 2.75) is 0 Å². The van der Waals surface area contributed by atoms with Gasteiger partial charge >= 0.3 is 11.4 Å². The SMILES string of the molecule is O=[N+]([O-])c1ccc(Oc2ccc([N+](=O)[O-])c(OCCF)c2-c2ccccc2Cl)c(-c2ccccc2Cl)c1OCCF. The Morgan fingerprint density at radius 1 is 0.634 bits per heavy atom. The Bertz CT molecular complexity index is 1490. The lowest BCUT2D eigenvalue weighted by molar-refractivity contribution is -0.385. The molecule has 0 saturated carbocycles. The van der Waals surface area contributed by atoms with Crippen LogP contribution < -0.4 is 14.2 Å². The molecule has 212 valence electrons. The van der Waals surface area contributed by atoms with E-state index >= 15 is 0 Å². The minimum Gasteiger partial charge on any atom is -0.484 e. The first-order valence-corrected chi connectivity index (χ1v) is 12.7. The molecule has 4 rings (SSSR count). The van der Waals surface area contributed by atoms with E-state index in [9.17, 15) is 29.0 Å². The van der Waals surface area contributed by atoms with Crippen LogP contribution in [0.15, 0.2) is 72.8 Å². The number of rotatable bonds is 12. The largest absolute Gasteiger partial charge is 0.484 e. The van der Waals surface area contributed by atoms with Gasteiger partial charge in [0.05, 0.1) is 21.0 Å². The number of nitro groups is 2. The van der Waals surface area contributed by atoms with E-state index in [0.29, 0.717) is 0 Å². The molecule has 0 saturated heterocycles. The minimum atomic E-state index is -0.932. The van der Waals surface area contributed by atoms with Crippen LogP contribution in [0.2, 0.25) is 10.0 Å². The Balaban J connectivity index is 2.03. The van der Waals surface area contributed by atoms with Crippen molar-refractivity contribution in [1.29, 1.82) is 0 Å². The van der Waals surface area contributed by atoms with E-state index in [1.807, 2.05) is 0 Å². The summed E-state index contributed by atoms with van der Waals surface area (Å²) in [6.07, 6.45) is 0. The van der Waals surface area contributed by atoms with E-state index < -0.39 is 47.8 Å². The molecule has 0 bridgehead atoms. The fourth-order valence-electron chi connectivity index (χ4n) is 4.09. The Kier molecular flexibility index (Phi) is 9.53. The predicted octanol–water partition coefficient (Wildman–Crippen LogP) is 8.63. The summed E-state index contributed by atoms with van der Waals surface area (Å²) in [6.45, 7) is -2.85. The molecule has 0 spiro atoms. The zero-order valence-corrected chi connectivity index (χ0v) is 22.5. The summed E-state index contributed by atoms with van der Waals surface area (Å²) in [5, 5.41) is 24.1. The molecule has 0 aliphatic carbocycles. The van der Waals surface area contributed by atoms with E-state index in [2.05, 4.69) is 0 Å². The third kappa shape index (κ3) is 6.31. The van der Waals surface area contributed by atoms with Gasteiger partial charge in [-0.1, -0.05) is 59.6 Å². The van der Waals surface area contributed by atoms with Gasteiger partial charge in [-0.15, -0.1) is 0 Å². The molecule has 0 radical (unpaired) electrons. The van der Waals surface area contributed by atoms with Crippen molar-refractivity contribution in [2.24, 2.45) is 0 Å². The number of ether oxygens (including phenoxy) is 3. The van der Waals surface area contributed by atoms with E-state index in [0.717, 1.165) is 12.1 Å². The number of nitro benzene ring substituents is 2. The first-order valence-electron chi connectivity index (χ1n) is 12.0. The van der Waals surface area contributed by atoms with Gasteiger partial charge in [0, 0.05) is 33.3 Å². The zero-order chi connectivity index (χ0) is 29.5. The molecule has 0 aliphatic heterocycles. The molecule has 41 heavy (non-hydrogen) atoms.